The van der Waals surface area contributed by atoms with Crippen LogP contribution in [0.3, 0.4) is 0 Å². The number of hydrogen-bond acceptors (Lipinski definition) is 1. The Kier molecular flexibility index (Phi) is 6.53. The van der Waals surface area contributed by atoms with Crippen molar-refractivity contribution in [2.75, 3.05) is 0 Å². The standard InChI is InChI=1S/C29H49O/c1-7-21-17-23(30)18-22-11-12-24-26-14-13-25(20(4)10-8-9-19(2)3)28(26,5)16-15-27(24)29(21,22)6/h11,19-21,23-27,30H,1,7-10,12-18H2,2-6H3/t20-,21?,23+,24+,25-,26+,27+,28-,29+/m1/s1. The van der Waals surface area contributed by atoms with Crippen molar-refractivity contribution in [2.45, 2.75) is 111 Å². The summed E-state index contributed by atoms with van der Waals surface area (Å²) < 4.78 is 0. The summed E-state index contributed by atoms with van der Waals surface area (Å²) in [5.74, 6) is 5.85. The minimum absolute atomic E-state index is 0.135. The third kappa shape index (κ3) is 3.64. The molecule has 0 saturated heterocycles. The highest BCUT2D eigenvalue weighted by Crippen LogP contribution is 2.68. The number of hydrogen-bond donors (Lipinski definition) is 1. The molecule has 3 saturated carbocycles. The molecule has 0 amide bonds. The van der Waals surface area contributed by atoms with E-state index in [-0.39, 0.29) is 6.10 Å². The van der Waals surface area contributed by atoms with Crippen molar-refractivity contribution >= 4 is 0 Å². The molecule has 0 bridgehead atoms. The largest absolute Gasteiger partial charge is 0.393 e. The van der Waals surface area contributed by atoms with Crippen molar-refractivity contribution in [1.82, 2.24) is 0 Å². The molecule has 30 heavy (non-hydrogen) atoms. The van der Waals surface area contributed by atoms with Crippen LogP contribution < -0.4 is 0 Å². The lowest BCUT2D eigenvalue weighted by Crippen LogP contribution is -2.53. The zero-order valence-electron chi connectivity index (χ0n) is 20.6. The molecular formula is C29H49O. The van der Waals surface area contributed by atoms with Gasteiger partial charge in [0.2, 0.25) is 0 Å². The molecule has 9 atom stereocenters. The fraction of sp³-hybridized carbons (Fsp3) is 0.897. The van der Waals surface area contributed by atoms with Crippen molar-refractivity contribution in [1.29, 1.82) is 0 Å². The second kappa shape index (κ2) is 8.57. The highest BCUT2D eigenvalue weighted by atomic mass is 16.3. The van der Waals surface area contributed by atoms with Crippen LogP contribution in [0.15, 0.2) is 11.6 Å². The molecule has 0 aromatic carbocycles. The molecule has 0 aliphatic heterocycles. The first-order valence-electron chi connectivity index (χ1n) is 13.4. The fourth-order valence-electron chi connectivity index (χ4n) is 9.32. The molecule has 1 radical (unpaired) electrons. The summed E-state index contributed by atoms with van der Waals surface area (Å²) >= 11 is 0. The predicted molar refractivity (Wildman–Crippen MR) is 128 cm³/mol. The lowest BCUT2D eigenvalue weighted by molar-refractivity contribution is -0.0787. The second-order valence-corrected chi connectivity index (χ2v) is 12.7. The second-order valence-electron chi connectivity index (χ2n) is 12.7. The van der Waals surface area contributed by atoms with E-state index < -0.39 is 0 Å². The minimum Gasteiger partial charge on any atom is -0.393 e. The van der Waals surface area contributed by atoms with Gasteiger partial charge in [-0.15, -0.1) is 0 Å². The van der Waals surface area contributed by atoms with Crippen molar-refractivity contribution in [3.05, 3.63) is 18.6 Å². The van der Waals surface area contributed by atoms with E-state index in [1.54, 1.807) is 5.57 Å². The molecule has 4 rings (SSSR count). The van der Waals surface area contributed by atoms with Gasteiger partial charge in [0.1, 0.15) is 0 Å². The van der Waals surface area contributed by atoms with Crippen LogP contribution in [0.1, 0.15) is 105 Å². The monoisotopic (exact) mass is 413 g/mol. The summed E-state index contributed by atoms with van der Waals surface area (Å²) in [7, 11) is 0. The van der Waals surface area contributed by atoms with Gasteiger partial charge in [-0.3, -0.25) is 0 Å². The van der Waals surface area contributed by atoms with Gasteiger partial charge in [-0.05, 0) is 104 Å². The first kappa shape index (κ1) is 22.9. The molecule has 0 spiro atoms. The van der Waals surface area contributed by atoms with Gasteiger partial charge in [-0.25, -0.2) is 0 Å². The van der Waals surface area contributed by atoms with Gasteiger partial charge in [0, 0.05) is 0 Å². The van der Waals surface area contributed by atoms with Crippen LogP contribution in [0.5, 0.6) is 0 Å². The SMILES string of the molecule is [CH2]CC1C[C@H](O)CC2=CC[C@H]3[C@@H]4CC[C@H]([C@H](C)CCCC(C)C)[C@@]4(C)CC[C@@H]3[C@]21C. The summed E-state index contributed by atoms with van der Waals surface area (Å²) in [5.41, 5.74) is 2.46. The third-order valence-corrected chi connectivity index (χ3v) is 10.9. The Hall–Kier alpha value is -0.300. The summed E-state index contributed by atoms with van der Waals surface area (Å²) in [6.07, 6.45) is 16.6. The normalized spacial score (nSPS) is 46.7. The highest BCUT2D eigenvalue weighted by Gasteiger charge is 2.60. The number of aliphatic hydroxyl groups excluding tert-OH is 1. The van der Waals surface area contributed by atoms with Crippen LogP contribution in [0, 0.1) is 59.2 Å². The van der Waals surface area contributed by atoms with Crippen LogP contribution in [0.4, 0.5) is 0 Å². The summed E-state index contributed by atoms with van der Waals surface area (Å²) in [6, 6.07) is 0. The average molecular weight is 414 g/mol. The maximum absolute atomic E-state index is 10.5. The molecule has 0 heterocycles. The Bertz CT molecular complexity index is 634. The van der Waals surface area contributed by atoms with E-state index in [4.69, 9.17) is 0 Å². The first-order valence-corrected chi connectivity index (χ1v) is 13.4. The first-order chi connectivity index (χ1) is 14.2. The molecule has 1 unspecified atom stereocenters. The maximum atomic E-state index is 10.5. The number of rotatable bonds is 6. The zero-order valence-corrected chi connectivity index (χ0v) is 20.6. The predicted octanol–water partition coefficient (Wildman–Crippen LogP) is 7.84. The maximum Gasteiger partial charge on any atom is 0.0580 e. The van der Waals surface area contributed by atoms with E-state index in [2.05, 4.69) is 47.6 Å². The molecule has 4 aliphatic rings. The highest BCUT2D eigenvalue weighted by molar-refractivity contribution is 5.27. The summed E-state index contributed by atoms with van der Waals surface area (Å²) in [4.78, 5) is 0. The Labute approximate surface area is 187 Å². The summed E-state index contributed by atoms with van der Waals surface area (Å²) in [5, 5.41) is 10.5. The van der Waals surface area contributed by atoms with E-state index in [9.17, 15) is 5.11 Å². The van der Waals surface area contributed by atoms with Crippen molar-refractivity contribution in [2.24, 2.45) is 52.3 Å². The number of aliphatic hydroxyl groups is 1. The Morgan fingerprint density at radius 2 is 1.87 bits per heavy atom. The number of allylic oxidation sites excluding steroid dienone is 1. The lowest BCUT2D eigenvalue weighted by atomic mass is 9.44. The fourth-order valence-corrected chi connectivity index (χ4v) is 9.32. The lowest BCUT2D eigenvalue weighted by Gasteiger charge is -2.60. The minimum atomic E-state index is -0.135. The molecule has 1 heteroatoms. The van der Waals surface area contributed by atoms with Crippen molar-refractivity contribution < 1.29 is 5.11 Å². The van der Waals surface area contributed by atoms with Crippen LogP contribution in [0.2, 0.25) is 0 Å². The van der Waals surface area contributed by atoms with Crippen molar-refractivity contribution in [3.8, 4) is 0 Å². The topological polar surface area (TPSA) is 20.2 Å². The molecule has 1 nitrogen and oxygen atoms in total. The van der Waals surface area contributed by atoms with Gasteiger partial charge in [0.15, 0.2) is 0 Å². The zero-order chi connectivity index (χ0) is 21.7. The van der Waals surface area contributed by atoms with Gasteiger partial charge in [0.25, 0.3) is 0 Å². The molecule has 4 aliphatic carbocycles. The molecule has 171 valence electrons. The molecule has 3 fully saturated rings. The molecule has 1 N–H and O–H groups in total. The van der Waals surface area contributed by atoms with Gasteiger partial charge in [-0.2, -0.15) is 0 Å². The summed E-state index contributed by atoms with van der Waals surface area (Å²) in [6.45, 7) is 16.9. The Balaban J connectivity index is 1.53. The van der Waals surface area contributed by atoms with E-state index >= 15 is 0 Å². The quantitative estimate of drug-likeness (QED) is 0.440. The van der Waals surface area contributed by atoms with Crippen LogP contribution in [-0.2, 0) is 0 Å². The average Bonchev–Trinajstić information content (AvgIpc) is 3.05. The molecule has 0 aromatic heterocycles. The Morgan fingerprint density at radius 3 is 2.57 bits per heavy atom. The Morgan fingerprint density at radius 1 is 1.10 bits per heavy atom. The third-order valence-electron chi connectivity index (χ3n) is 10.9. The molecular weight excluding hydrogens is 364 g/mol. The smallest absolute Gasteiger partial charge is 0.0580 e. The van der Waals surface area contributed by atoms with E-state index in [1.807, 2.05) is 0 Å². The van der Waals surface area contributed by atoms with Crippen LogP contribution in [0.25, 0.3) is 0 Å². The van der Waals surface area contributed by atoms with E-state index in [1.165, 1.54) is 51.4 Å². The van der Waals surface area contributed by atoms with Crippen molar-refractivity contribution in [3.63, 3.8) is 0 Å². The number of fused-ring (bicyclic) bond motifs is 5. The van der Waals surface area contributed by atoms with Gasteiger partial charge >= 0.3 is 0 Å². The van der Waals surface area contributed by atoms with E-state index in [0.717, 1.165) is 54.8 Å². The van der Waals surface area contributed by atoms with Gasteiger partial charge in [-0.1, -0.05) is 72.5 Å². The molecule has 0 aromatic rings. The van der Waals surface area contributed by atoms with E-state index in [0.29, 0.717) is 16.7 Å². The van der Waals surface area contributed by atoms with Crippen LogP contribution in [-0.4, -0.2) is 11.2 Å². The van der Waals surface area contributed by atoms with Crippen LogP contribution >= 0.6 is 0 Å². The van der Waals surface area contributed by atoms with Gasteiger partial charge in [0.05, 0.1) is 6.10 Å². The van der Waals surface area contributed by atoms with Gasteiger partial charge < -0.3 is 5.11 Å².